The van der Waals surface area contributed by atoms with Crippen molar-refractivity contribution in [3.05, 3.63) is 28.3 Å². The van der Waals surface area contributed by atoms with E-state index >= 15 is 0 Å². The van der Waals surface area contributed by atoms with Crippen molar-refractivity contribution in [1.82, 2.24) is 20.1 Å². The van der Waals surface area contributed by atoms with Gasteiger partial charge in [0.15, 0.2) is 5.13 Å². The maximum Gasteiger partial charge on any atom is 0.352 e. The summed E-state index contributed by atoms with van der Waals surface area (Å²) in [5, 5.41) is 17.1. The topological polar surface area (TPSA) is 168 Å². The first-order valence-electron chi connectivity index (χ1n) is 10.5. The van der Waals surface area contributed by atoms with Gasteiger partial charge in [0.2, 0.25) is 5.91 Å². The van der Waals surface area contributed by atoms with Crippen molar-refractivity contribution in [2.75, 3.05) is 18.0 Å². The van der Waals surface area contributed by atoms with E-state index in [1.807, 2.05) is 4.90 Å². The van der Waals surface area contributed by atoms with Crippen LogP contribution in [0, 0.1) is 0 Å². The normalized spacial score (nSPS) is 25.7. The van der Waals surface area contributed by atoms with E-state index in [1.165, 1.54) is 17.1 Å². The summed E-state index contributed by atoms with van der Waals surface area (Å²) in [5.41, 5.74) is 6.31. The van der Waals surface area contributed by atoms with Gasteiger partial charge < -0.3 is 25.9 Å². The molecule has 12 nitrogen and oxygen atoms in total. The second-order valence-electron chi connectivity index (χ2n) is 8.07. The first kappa shape index (κ1) is 22.4. The average molecular weight is 505 g/mol. The number of nitrogens with two attached hydrogens (primary N) is 1. The molecule has 3 amide bonds. The molecule has 14 heteroatoms. The maximum absolute atomic E-state index is 12.7. The van der Waals surface area contributed by atoms with Gasteiger partial charge in [-0.25, -0.2) is 4.79 Å². The first-order valence-corrected chi connectivity index (χ1v) is 12.4. The van der Waals surface area contributed by atoms with Crippen LogP contribution in [0.5, 0.6) is 5.88 Å². The summed E-state index contributed by atoms with van der Waals surface area (Å²) in [6, 6.07) is -0.604. The summed E-state index contributed by atoms with van der Waals surface area (Å²) in [7, 11) is 0. The van der Waals surface area contributed by atoms with Crippen molar-refractivity contribution in [3.63, 3.8) is 0 Å². The molecule has 2 atom stereocenters. The molecule has 2 saturated heterocycles. The highest BCUT2D eigenvalue weighted by atomic mass is 32.2. The molecule has 34 heavy (non-hydrogen) atoms. The summed E-state index contributed by atoms with van der Waals surface area (Å²) < 4.78 is 0. The van der Waals surface area contributed by atoms with Gasteiger partial charge in [0.1, 0.15) is 23.3 Å². The van der Waals surface area contributed by atoms with Gasteiger partial charge in [-0.05, 0) is 30.9 Å². The first-order chi connectivity index (χ1) is 16.3. The standard InChI is InChI=1S/C20H20N6O6S2/c21-20-24-13(8-34-20)32-22-6-12(27)23-14-17(29)26-15(19(30)31)10(7-33-18(14)26)5-9-3-4-25(16(9)28)11-1-2-11/h5-6,8,11,14,18H,1-4,7H2,(H2,21,24)(H,23,27)(H,30,31)/b9-5+,22-6+. The summed E-state index contributed by atoms with van der Waals surface area (Å²) in [4.78, 5) is 61.3. The van der Waals surface area contributed by atoms with Crippen molar-refractivity contribution in [3.8, 4) is 5.88 Å². The van der Waals surface area contributed by atoms with Gasteiger partial charge in [0.25, 0.3) is 17.7 Å². The number of nitrogens with one attached hydrogen (secondary N) is 1. The molecule has 1 aliphatic carbocycles. The van der Waals surface area contributed by atoms with Crippen LogP contribution >= 0.6 is 23.1 Å². The van der Waals surface area contributed by atoms with Crippen LogP contribution in [0.1, 0.15) is 19.3 Å². The van der Waals surface area contributed by atoms with Crippen molar-refractivity contribution in [2.24, 2.45) is 5.16 Å². The molecule has 4 heterocycles. The summed E-state index contributed by atoms with van der Waals surface area (Å²) in [5.74, 6) is -2.10. The Labute approximate surface area is 201 Å². The summed E-state index contributed by atoms with van der Waals surface area (Å²) >= 11 is 2.48. The smallest absolute Gasteiger partial charge is 0.352 e. The molecule has 0 bridgehead atoms. The number of carbonyl (C=O) groups is 4. The minimum absolute atomic E-state index is 0.0613. The number of fused-ring (bicyclic) bond motifs is 1. The number of anilines is 1. The number of nitrogens with zero attached hydrogens (tertiary/aromatic N) is 4. The van der Waals surface area contributed by atoms with E-state index < -0.39 is 29.2 Å². The van der Waals surface area contributed by atoms with E-state index in [4.69, 9.17) is 10.6 Å². The lowest BCUT2D eigenvalue weighted by atomic mass is 10.0. The molecule has 3 aliphatic heterocycles. The third-order valence-corrected chi connectivity index (χ3v) is 7.76. The number of hydrogen-bond donors (Lipinski definition) is 3. The number of aromatic nitrogens is 1. The van der Waals surface area contributed by atoms with Crippen LogP contribution in [0.4, 0.5) is 5.13 Å². The van der Waals surface area contributed by atoms with Crippen LogP contribution in [0.3, 0.4) is 0 Å². The van der Waals surface area contributed by atoms with E-state index in [1.54, 1.807) is 6.08 Å². The molecule has 3 fully saturated rings. The van der Waals surface area contributed by atoms with E-state index in [2.05, 4.69) is 15.5 Å². The lowest BCUT2D eigenvalue weighted by Crippen LogP contribution is -2.70. The number of allylic oxidation sites excluding steroid dienone is 1. The van der Waals surface area contributed by atoms with Gasteiger partial charge in [-0.2, -0.15) is 4.98 Å². The Hall–Kier alpha value is -3.39. The Morgan fingerprint density at radius 2 is 2.15 bits per heavy atom. The summed E-state index contributed by atoms with van der Waals surface area (Å²) in [6.07, 6.45) is 5.05. The Bertz CT molecular complexity index is 1170. The zero-order valence-electron chi connectivity index (χ0n) is 17.7. The number of rotatable bonds is 7. The lowest BCUT2D eigenvalue weighted by Gasteiger charge is -2.49. The van der Waals surface area contributed by atoms with Crippen LogP contribution < -0.4 is 15.9 Å². The van der Waals surface area contributed by atoms with Crippen molar-refractivity contribution in [1.29, 1.82) is 0 Å². The van der Waals surface area contributed by atoms with Gasteiger partial charge in [-0.1, -0.05) is 5.16 Å². The Kier molecular flexibility index (Phi) is 5.77. The predicted molar refractivity (Wildman–Crippen MR) is 123 cm³/mol. The van der Waals surface area contributed by atoms with Gasteiger partial charge >= 0.3 is 5.97 Å². The molecule has 0 spiro atoms. The number of aliphatic carboxylic acids is 1. The molecule has 1 aromatic heterocycles. The second kappa shape index (κ2) is 8.76. The van der Waals surface area contributed by atoms with Gasteiger partial charge in [0.05, 0.1) is 5.38 Å². The molecule has 1 saturated carbocycles. The van der Waals surface area contributed by atoms with Crippen LogP contribution in [0.25, 0.3) is 0 Å². The van der Waals surface area contributed by atoms with Crippen molar-refractivity contribution < 1.29 is 29.1 Å². The van der Waals surface area contributed by atoms with Crippen LogP contribution in [-0.4, -0.2) is 79.6 Å². The molecular weight excluding hydrogens is 484 g/mol. The largest absolute Gasteiger partial charge is 0.477 e. The highest BCUT2D eigenvalue weighted by Crippen LogP contribution is 2.41. The van der Waals surface area contributed by atoms with Crippen molar-refractivity contribution in [2.45, 2.75) is 36.7 Å². The minimum atomic E-state index is -1.25. The Morgan fingerprint density at radius 1 is 1.35 bits per heavy atom. The molecule has 0 aromatic carbocycles. The number of carbonyl (C=O) groups excluding carboxylic acids is 3. The van der Waals surface area contributed by atoms with Gasteiger partial charge in [0, 0.05) is 23.9 Å². The zero-order valence-corrected chi connectivity index (χ0v) is 19.3. The predicted octanol–water partition coefficient (Wildman–Crippen LogP) is 0.150. The zero-order chi connectivity index (χ0) is 24.0. The number of carboxylic acids is 1. The monoisotopic (exact) mass is 504 g/mol. The number of β-lactam (4-membered cyclic amide) rings is 1. The van der Waals surface area contributed by atoms with Crippen LogP contribution in [-0.2, 0) is 19.2 Å². The Morgan fingerprint density at radius 3 is 2.82 bits per heavy atom. The lowest BCUT2D eigenvalue weighted by molar-refractivity contribution is -0.150. The molecule has 178 valence electrons. The van der Waals surface area contributed by atoms with E-state index in [0.717, 1.165) is 35.3 Å². The fourth-order valence-corrected chi connectivity index (χ4v) is 5.87. The van der Waals surface area contributed by atoms with Crippen LogP contribution in [0.15, 0.2) is 33.5 Å². The van der Waals surface area contributed by atoms with Crippen LogP contribution in [0.2, 0.25) is 0 Å². The summed E-state index contributed by atoms with van der Waals surface area (Å²) in [6.45, 7) is 0.638. The minimum Gasteiger partial charge on any atom is -0.477 e. The number of carboxylic acid groups (broad SMARTS) is 1. The number of thioether (sulfide) groups is 1. The van der Waals surface area contributed by atoms with E-state index in [-0.39, 0.29) is 17.5 Å². The highest BCUT2D eigenvalue weighted by Gasteiger charge is 2.54. The van der Waals surface area contributed by atoms with Gasteiger partial charge in [-0.15, -0.1) is 23.1 Å². The quantitative estimate of drug-likeness (QED) is 0.203. The fourth-order valence-electron chi connectivity index (χ4n) is 4.10. The third-order valence-electron chi connectivity index (χ3n) is 5.81. The molecular formula is C20H20N6O6S2. The van der Waals surface area contributed by atoms with Gasteiger partial charge in [-0.3, -0.25) is 19.3 Å². The number of hydrogen-bond acceptors (Lipinski definition) is 10. The fraction of sp³-hybridized carbons (Fsp3) is 0.400. The molecule has 1 aromatic rings. The molecule has 0 radical (unpaired) electrons. The Balaban J connectivity index is 1.26. The molecule has 4 N–H and O–H groups in total. The SMILES string of the molecule is Nc1nc(O/N=C/C(=O)NC2C(=O)N3C(C(=O)O)=C(/C=C4\CCN(C5CC5)C4=O)CSC23)cs1. The number of amides is 3. The van der Waals surface area contributed by atoms with E-state index in [9.17, 15) is 24.3 Å². The van der Waals surface area contributed by atoms with Crippen molar-refractivity contribution >= 4 is 58.1 Å². The molecule has 2 unspecified atom stereocenters. The highest BCUT2D eigenvalue weighted by molar-refractivity contribution is 8.00. The number of nitrogen functional groups attached to an aromatic ring is 1. The number of oxime groups is 1. The number of thiazole rings is 1. The molecule has 4 aliphatic rings. The molecule has 5 rings (SSSR count). The second-order valence-corrected chi connectivity index (χ2v) is 10.1. The third kappa shape index (κ3) is 4.14. The average Bonchev–Trinajstić information content (AvgIpc) is 3.47. The van der Waals surface area contributed by atoms with E-state index in [0.29, 0.717) is 41.0 Å². The maximum atomic E-state index is 12.7. The number of likely N-dealkylation sites (tertiary alicyclic amines) is 1.